The molecule has 4 aromatic heterocycles. The van der Waals surface area contributed by atoms with Crippen LogP contribution in [0.2, 0.25) is 0 Å². The predicted octanol–water partition coefficient (Wildman–Crippen LogP) is 12.2. The lowest BCUT2D eigenvalue weighted by Gasteiger charge is -2.11. The van der Waals surface area contributed by atoms with E-state index in [0.717, 1.165) is 54.4 Å². The molecule has 51 heavy (non-hydrogen) atoms. The monoisotopic (exact) mass is 670 g/mol. The molecule has 5 nitrogen and oxygen atoms in total. The molecule has 0 fully saturated rings. The number of nitrogens with zero attached hydrogens (tertiary/aromatic N) is 4. The maximum atomic E-state index is 6.10. The van der Waals surface area contributed by atoms with Crippen LogP contribution in [-0.2, 0) is 0 Å². The fraction of sp³-hybridized carbons (Fsp3) is 0. The maximum Gasteiger partial charge on any atom is 0.238 e. The summed E-state index contributed by atoms with van der Waals surface area (Å²) < 4.78 is 10.6. The van der Waals surface area contributed by atoms with Gasteiger partial charge in [-0.3, -0.25) is 4.57 Å². The van der Waals surface area contributed by atoms with Crippen molar-refractivity contribution in [2.45, 2.75) is 0 Å². The first-order valence-electron chi connectivity index (χ1n) is 16.9. The molecule has 0 amide bonds. The molecule has 7 aromatic carbocycles. The highest BCUT2D eigenvalue weighted by atomic mass is 32.1. The minimum absolute atomic E-state index is 0.596. The smallest absolute Gasteiger partial charge is 0.238 e. The number of hydrogen-bond donors (Lipinski definition) is 0. The van der Waals surface area contributed by atoms with Crippen LogP contribution in [0.1, 0.15) is 0 Å². The maximum absolute atomic E-state index is 6.10. The molecule has 11 aromatic rings. The number of furan rings is 1. The molecular weight excluding hydrogens is 645 g/mol. The van der Waals surface area contributed by atoms with Gasteiger partial charge in [0.2, 0.25) is 5.95 Å². The Morgan fingerprint density at radius 1 is 0.431 bits per heavy atom. The summed E-state index contributed by atoms with van der Waals surface area (Å²) in [6, 6.07) is 55.0. The van der Waals surface area contributed by atoms with Crippen molar-refractivity contribution >= 4 is 75.3 Å². The quantitative estimate of drug-likeness (QED) is 0.187. The molecule has 6 heteroatoms. The van der Waals surface area contributed by atoms with Crippen molar-refractivity contribution in [2.24, 2.45) is 0 Å². The van der Waals surface area contributed by atoms with Crippen LogP contribution in [0.15, 0.2) is 162 Å². The zero-order chi connectivity index (χ0) is 33.5. The van der Waals surface area contributed by atoms with Gasteiger partial charge in [0.25, 0.3) is 0 Å². The Labute approximate surface area is 295 Å². The van der Waals surface area contributed by atoms with E-state index in [-0.39, 0.29) is 0 Å². The molecule has 0 spiro atoms. The molecule has 0 atom stereocenters. The highest BCUT2D eigenvalue weighted by molar-refractivity contribution is 7.26. The third-order valence-corrected chi connectivity index (χ3v) is 11.1. The zero-order valence-electron chi connectivity index (χ0n) is 27.1. The molecule has 0 bridgehead atoms. The SMILES string of the molecule is c1ccc(-c2nc(-c3cccc4c3sc3cc(-c5ccc6oc7ccccc7c6c5)ccc34)nc(-n3c4ccccc4c4ccccc43)n2)cc1. The molecule has 0 N–H and O–H groups in total. The van der Waals surface area contributed by atoms with Gasteiger partial charge in [0.1, 0.15) is 11.2 Å². The lowest BCUT2D eigenvalue weighted by Crippen LogP contribution is -2.06. The lowest BCUT2D eigenvalue weighted by molar-refractivity contribution is 0.669. The summed E-state index contributed by atoms with van der Waals surface area (Å²) in [4.78, 5) is 15.5. The minimum atomic E-state index is 0.596. The number of aromatic nitrogens is 4. The van der Waals surface area contributed by atoms with Crippen molar-refractivity contribution in [1.82, 2.24) is 19.5 Å². The number of thiophene rings is 1. The van der Waals surface area contributed by atoms with E-state index in [1.165, 1.54) is 31.8 Å². The highest BCUT2D eigenvalue weighted by Crippen LogP contribution is 2.42. The molecule has 0 aliphatic heterocycles. The summed E-state index contributed by atoms with van der Waals surface area (Å²) in [6.07, 6.45) is 0. The zero-order valence-corrected chi connectivity index (χ0v) is 27.9. The van der Waals surface area contributed by atoms with Crippen molar-refractivity contribution < 1.29 is 4.42 Å². The van der Waals surface area contributed by atoms with Crippen molar-refractivity contribution in [3.63, 3.8) is 0 Å². The third-order valence-electron chi connectivity index (χ3n) is 9.89. The van der Waals surface area contributed by atoms with Crippen molar-refractivity contribution in [2.75, 3.05) is 0 Å². The van der Waals surface area contributed by atoms with E-state index in [9.17, 15) is 0 Å². The van der Waals surface area contributed by atoms with Gasteiger partial charge < -0.3 is 4.42 Å². The fourth-order valence-corrected chi connectivity index (χ4v) is 8.75. The van der Waals surface area contributed by atoms with Crippen LogP contribution >= 0.6 is 11.3 Å². The number of hydrogen-bond acceptors (Lipinski definition) is 5. The Balaban J connectivity index is 1.11. The van der Waals surface area contributed by atoms with E-state index in [1.54, 1.807) is 11.3 Å². The van der Waals surface area contributed by atoms with Gasteiger partial charge in [-0.25, -0.2) is 4.98 Å². The van der Waals surface area contributed by atoms with Crippen LogP contribution in [0.3, 0.4) is 0 Å². The molecule has 0 unspecified atom stereocenters. The van der Waals surface area contributed by atoms with Crippen LogP contribution in [0.5, 0.6) is 0 Å². The molecular formula is C45H26N4OS. The Bertz CT molecular complexity index is 3100. The number of benzene rings is 7. The van der Waals surface area contributed by atoms with Crippen molar-refractivity contribution in [3.8, 4) is 39.9 Å². The minimum Gasteiger partial charge on any atom is -0.456 e. The second-order valence-corrected chi connectivity index (χ2v) is 13.9. The molecule has 0 aliphatic rings. The second-order valence-electron chi connectivity index (χ2n) is 12.8. The van der Waals surface area contributed by atoms with E-state index in [0.29, 0.717) is 17.6 Å². The molecule has 238 valence electrons. The fourth-order valence-electron chi connectivity index (χ4n) is 7.50. The number of rotatable bonds is 4. The average molecular weight is 671 g/mol. The Hall–Kier alpha value is -6.63. The van der Waals surface area contributed by atoms with E-state index >= 15 is 0 Å². The first-order valence-corrected chi connectivity index (χ1v) is 17.8. The molecule has 0 saturated carbocycles. The number of fused-ring (bicyclic) bond motifs is 9. The van der Waals surface area contributed by atoms with Gasteiger partial charge in [-0.2, -0.15) is 9.97 Å². The largest absolute Gasteiger partial charge is 0.456 e. The van der Waals surface area contributed by atoms with Gasteiger partial charge in [0.15, 0.2) is 11.6 Å². The van der Waals surface area contributed by atoms with Crippen LogP contribution in [0, 0.1) is 0 Å². The summed E-state index contributed by atoms with van der Waals surface area (Å²) in [7, 11) is 0. The molecule has 0 saturated heterocycles. The summed E-state index contributed by atoms with van der Waals surface area (Å²) in [5, 5.41) is 7.00. The van der Waals surface area contributed by atoms with Gasteiger partial charge in [-0.1, -0.05) is 115 Å². The summed E-state index contributed by atoms with van der Waals surface area (Å²) in [6.45, 7) is 0. The van der Waals surface area contributed by atoms with Gasteiger partial charge in [-0.15, -0.1) is 11.3 Å². The molecule has 0 radical (unpaired) electrons. The van der Waals surface area contributed by atoms with Crippen LogP contribution in [0.4, 0.5) is 0 Å². The van der Waals surface area contributed by atoms with E-state index in [1.807, 2.05) is 30.3 Å². The molecule has 11 rings (SSSR count). The summed E-state index contributed by atoms with van der Waals surface area (Å²) in [5.41, 5.74) is 8.19. The van der Waals surface area contributed by atoms with E-state index < -0.39 is 0 Å². The van der Waals surface area contributed by atoms with E-state index in [4.69, 9.17) is 19.4 Å². The standard InChI is InChI=1S/C45H26N4OS/c1-2-11-27(12-3-1)43-46-44(48-45(47-43)49-37-18-7-4-13-30(37)31-14-5-8-19-38(31)49)35-17-10-16-34-33-23-21-29(26-41(33)51-42(34)35)28-22-24-40-36(25-28)32-15-6-9-20-39(32)50-40/h1-26H. The van der Waals surface area contributed by atoms with Gasteiger partial charge >= 0.3 is 0 Å². The van der Waals surface area contributed by atoms with Gasteiger partial charge in [-0.05, 0) is 53.6 Å². The normalized spacial score (nSPS) is 11.9. The van der Waals surface area contributed by atoms with E-state index in [2.05, 4.69) is 132 Å². The summed E-state index contributed by atoms with van der Waals surface area (Å²) >= 11 is 1.78. The summed E-state index contributed by atoms with van der Waals surface area (Å²) in [5.74, 6) is 1.88. The highest BCUT2D eigenvalue weighted by Gasteiger charge is 2.20. The predicted molar refractivity (Wildman–Crippen MR) is 211 cm³/mol. The van der Waals surface area contributed by atoms with Crippen LogP contribution in [-0.4, -0.2) is 19.5 Å². The Morgan fingerprint density at radius 3 is 1.90 bits per heavy atom. The number of para-hydroxylation sites is 3. The second kappa shape index (κ2) is 10.9. The van der Waals surface area contributed by atoms with Crippen LogP contribution < -0.4 is 0 Å². The van der Waals surface area contributed by atoms with Gasteiger partial charge in [0, 0.05) is 52.8 Å². The van der Waals surface area contributed by atoms with Gasteiger partial charge in [0.05, 0.1) is 11.0 Å². The lowest BCUT2D eigenvalue weighted by atomic mass is 10.0. The first-order chi connectivity index (χ1) is 25.3. The third kappa shape index (κ3) is 4.37. The van der Waals surface area contributed by atoms with Crippen molar-refractivity contribution in [1.29, 1.82) is 0 Å². The van der Waals surface area contributed by atoms with Crippen LogP contribution in [0.25, 0.3) is 104 Å². The molecule has 0 aliphatic carbocycles. The average Bonchev–Trinajstić information content (AvgIpc) is 3.87. The first kappa shape index (κ1) is 28.2. The Kier molecular flexibility index (Phi) is 6.05. The molecule has 4 heterocycles. The topological polar surface area (TPSA) is 56.7 Å². The Morgan fingerprint density at radius 2 is 1.08 bits per heavy atom. The van der Waals surface area contributed by atoms with Crippen molar-refractivity contribution in [3.05, 3.63) is 158 Å².